The van der Waals surface area contributed by atoms with Crippen LogP contribution in [0.5, 0.6) is 23.0 Å². The van der Waals surface area contributed by atoms with Crippen molar-refractivity contribution in [2.45, 2.75) is 52.6 Å². The Bertz CT molecular complexity index is 2230. The third kappa shape index (κ3) is 9.81. The van der Waals surface area contributed by atoms with E-state index in [4.69, 9.17) is 18.9 Å². The van der Waals surface area contributed by atoms with Gasteiger partial charge in [0.2, 0.25) is 0 Å². The van der Waals surface area contributed by atoms with Crippen LogP contribution in [0.15, 0.2) is 133 Å². The fourth-order valence-corrected chi connectivity index (χ4v) is 7.03. The van der Waals surface area contributed by atoms with E-state index in [1.807, 2.05) is 147 Å². The predicted molar refractivity (Wildman–Crippen MR) is 222 cm³/mol. The van der Waals surface area contributed by atoms with Crippen molar-refractivity contribution in [2.24, 2.45) is 11.8 Å². The summed E-state index contributed by atoms with van der Waals surface area (Å²) in [6, 6.07) is 42.7. The third-order valence-corrected chi connectivity index (χ3v) is 10.3. The Morgan fingerprint density at radius 3 is 1.21 bits per heavy atom. The van der Waals surface area contributed by atoms with Crippen LogP contribution in [-0.4, -0.2) is 47.0 Å². The number of amides is 2. The van der Waals surface area contributed by atoms with Crippen LogP contribution in [0.2, 0.25) is 0 Å². The molecule has 0 heterocycles. The molecular weight excluding hydrogens is 733 g/mol. The number of nitrogens with zero attached hydrogens (tertiary/aromatic N) is 2. The van der Waals surface area contributed by atoms with Crippen molar-refractivity contribution in [1.29, 1.82) is 0 Å². The van der Waals surface area contributed by atoms with Gasteiger partial charge in [0.1, 0.15) is 23.0 Å². The first-order chi connectivity index (χ1) is 28.3. The van der Waals surface area contributed by atoms with E-state index in [2.05, 4.69) is 0 Å². The summed E-state index contributed by atoms with van der Waals surface area (Å²) in [5, 5.41) is 4.41. The van der Waals surface area contributed by atoms with Gasteiger partial charge in [0.15, 0.2) is 0 Å². The molecule has 10 heteroatoms. The average molecular weight is 779 g/mol. The van der Waals surface area contributed by atoms with Crippen LogP contribution in [0.25, 0.3) is 21.5 Å². The summed E-state index contributed by atoms with van der Waals surface area (Å²) < 4.78 is 22.7. The highest BCUT2D eigenvalue weighted by Crippen LogP contribution is 2.37. The molecule has 0 aliphatic heterocycles. The zero-order valence-corrected chi connectivity index (χ0v) is 32.7. The lowest BCUT2D eigenvalue weighted by Crippen LogP contribution is -2.44. The minimum atomic E-state index is -0.881. The van der Waals surface area contributed by atoms with Crippen LogP contribution in [0, 0.1) is 11.8 Å². The molecule has 10 nitrogen and oxygen atoms in total. The molecular formula is C48H46N2O8. The van der Waals surface area contributed by atoms with Gasteiger partial charge in [0, 0.05) is 26.2 Å². The van der Waals surface area contributed by atoms with Crippen molar-refractivity contribution in [3.05, 3.63) is 145 Å². The van der Waals surface area contributed by atoms with Gasteiger partial charge in [0.25, 0.3) is 0 Å². The SMILES string of the molecule is CCCN(Cc1ccc(Oc2ccc3ccccc3c2)cc1)C(=O)OC(=O)C1CCC1C(=O)OC(=O)N(CCC)Cc1ccc(Oc2ccc3ccccc3c2)cc1. The van der Waals surface area contributed by atoms with E-state index < -0.39 is 36.0 Å². The molecule has 7 rings (SSSR count). The third-order valence-electron chi connectivity index (χ3n) is 10.3. The van der Waals surface area contributed by atoms with Crippen LogP contribution in [0.4, 0.5) is 9.59 Å². The van der Waals surface area contributed by atoms with Gasteiger partial charge in [-0.15, -0.1) is 0 Å². The number of hydrogen-bond acceptors (Lipinski definition) is 8. The molecule has 1 aliphatic rings. The van der Waals surface area contributed by atoms with E-state index in [1.165, 1.54) is 9.80 Å². The van der Waals surface area contributed by atoms with E-state index in [9.17, 15) is 19.2 Å². The lowest BCUT2D eigenvalue weighted by molar-refractivity contribution is -0.161. The Hall–Kier alpha value is -6.68. The molecule has 0 bridgehead atoms. The number of fused-ring (bicyclic) bond motifs is 2. The van der Waals surface area contributed by atoms with E-state index in [-0.39, 0.29) is 13.1 Å². The topological polar surface area (TPSA) is 112 Å². The summed E-state index contributed by atoms with van der Waals surface area (Å²) in [6.07, 6.45) is 0.398. The molecule has 0 N–H and O–H groups in total. The van der Waals surface area contributed by atoms with E-state index >= 15 is 0 Å². The molecule has 58 heavy (non-hydrogen) atoms. The number of benzene rings is 6. The van der Waals surface area contributed by atoms with Crippen molar-refractivity contribution in [1.82, 2.24) is 9.80 Å². The normalized spacial score (nSPS) is 14.6. The second-order valence-corrected chi connectivity index (χ2v) is 14.5. The standard InChI is InChI=1S/C48H46N2O8/c1-3-27-49(31-33-13-19-39(20-14-33)55-41-23-17-35-9-5-7-11-37(35)29-41)47(53)57-45(51)43-25-26-44(43)46(52)58-48(54)50(28-4-2)32-34-15-21-40(22-16-34)56-42-24-18-36-10-6-8-12-38(36)30-42/h5-24,29-30,43-44H,3-4,25-28,31-32H2,1-2H3. The van der Waals surface area contributed by atoms with Gasteiger partial charge in [0.05, 0.1) is 11.8 Å². The Balaban J connectivity index is 0.893. The smallest absolute Gasteiger partial charge is 0.417 e. The van der Waals surface area contributed by atoms with Gasteiger partial charge in [-0.05, 0) is 107 Å². The minimum absolute atomic E-state index is 0.217. The number of esters is 2. The molecule has 1 aliphatic carbocycles. The lowest BCUT2D eigenvalue weighted by atomic mass is 9.74. The van der Waals surface area contributed by atoms with Gasteiger partial charge >= 0.3 is 24.1 Å². The molecule has 6 aromatic rings. The Morgan fingerprint density at radius 2 is 0.845 bits per heavy atom. The fraction of sp³-hybridized carbons (Fsp3) is 0.250. The van der Waals surface area contributed by atoms with E-state index in [0.29, 0.717) is 61.8 Å². The monoisotopic (exact) mass is 778 g/mol. The molecule has 0 spiro atoms. The van der Waals surface area contributed by atoms with Crippen molar-refractivity contribution in [3.8, 4) is 23.0 Å². The first kappa shape index (κ1) is 39.6. The van der Waals surface area contributed by atoms with Crippen LogP contribution in [-0.2, 0) is 32.2 Å². The Kier molecular flexibility index (Phi) is 12.6. The summed E-state index contributed by atoms with van der Waals surface area (Å²) in [5.74, 6) is -0.640. The number of hydrogen-bond donors (Lipinski definition) is 0. The molecule has 2 amide bonds. The largest absolute Gasteiger partial charge is 0.457 e. The molecule has 6 aromatic carbocycles. The van der Waals surface area contributed by atoms with Crippen molar-refractivity contribution >= 4 is 45.7 Å². The highest BCUT2D eigenvalue weighted by molar-refractivity contribution is 5.93. The molecule has 1 fully saturated rings. The van der Waals surface area contributed by atoms with Gasteiger partial charge in [-0.1, -0.05) is 98.8 Å². The van der Waals surface area contributed by atoms with Crippen molar-refractivity contribution < 1.29 is 38.1 Å². The maximum absolute atomic E-state index is 13.2. The number of rotatable bonds is 14. The first-order valence-electron chi connectivity index (χ1n) is 19.8. The molecule has 0 radical (unpaired) electrons. The Labute approximate surface area is 337 Å². The maximum Gasteiger partial charge on any atom is 0.417 e. The van der Waals surface area contributed by atoms with Gasteiger partial charge in [-0.25, -0.2) is 9.59 Å². The molecule has 0 saturated heterocycles. The summed E-state index contributed by atoms with van der Waals surface area (Å²) in [5.41, 5.74) is 1.66. The Morgan fingerprint density at radius 1 is 0.483 bits per heavy atom. The lowest BCUT2D eigenvalue weighted by Gasteiger charge is -2.33. The summed E-state index contributed by atoms with van der Waals surface area (Å²) in [6.45, 7) is 5.01. The first-order valence-corrected chi connectivity index (χ1v) is 19.8. The van der Waals surface area contributed by atoms with Crippen molar-refractivity contribution in [3.63, 3.8) is 0 Å². The van der Waals surface area contributed by atoms with Gasteiger partial charge in [-0.3, -0.25) is 9.59 Å². The molecule has 2 atom stereocenters. The van der Waals surface area contributed by atoms with Crippen molar-refractivity contribution in [2.75, 3.05) is 13.1 Å². The van der Waals surface area contributed by atoms with E-state index in [1.54, 1.807) is 0 Å². The van der Waals surface area contributed by atoms with E-state index in [0.717, 1.165) is 32.7 Å². The zero-order chi connectivity index (χ0) is 40.4. The summed E-state index contributed by atoms with van der Waals surface area (Å²) >= 11 is 0. The molecule has 1 saturated carbocycles. The minimum Gasteiger partial charge on any atom is -0.457 e. The second-order valence-electron chi connectivity index (χ2n) is 14.5. The van der Waals surface area contributed by atoms with Crippen LogP contribution >= 0.6 is 0 Å². The van der Waals surface area contributed by atoms with Crippen LogP contribution in [0.3, 0.4) is 0 Å². The molecule has 296 valence electrons. The second kappa shape index (κ2) is 18.5. The average Bonchev–Trinajstić information content (AvgIpc) is 3.21. The van der Waals surface area contributed by atoms with Gasteiger partial charge < -0.3 is 28.7 Å². The summed E-state index contributed by atoms with van der Waals surface area (Å²) in [4.78, 5) is 55.7. The number of carbonyl (C=O) groups is 4. The highest BCUT2D eigenvalue weighted by Gasteiger charge is 2.45. The highest BCUT2D eigenvalue weighted by atomic mass is 16.6. The predicted octanol–water partition coefficient (Wildman–Crippen LogP) is 11.1. The summed E-state index contributed by atoms with van der Waals surface area (Å²) in [7, 11) is 0. The number of carbonyl (C=O) groups excluding carboxylic acids is 4. The van der Waals surface area contributed by atoms with Crippen LogP contribution < -0.4 is 9.47 Å². The van der Waals surface area contributed by atoms with Gasteiger partial charge in [-0.2, -0.15) is 0 Å². The molecule has 0 aromatic heterocycles. The van der Waals surface area contributed by atoms with Crippen LogP contribution in [0.1, 0.15) is 50.7 Å². The quantitative estimate of drug-likeness (QED) is 0.0794. The maximum atomic E-state index is 13.2. The molecule has 2 unspecified atom stereocenters. The fourth-order valence-electron chi connectivity index (χ4n) is 7.03. The zero-order valence-electron chi connectivity index (χ0n) is 32.7. The number of ether oxygens (including phenoxy) is 4.